The molecule has 0 aliphatic carbocycles. The van der Waals surface area contributed by atoms with Crippen molar-refractivity contribution in [2.75, 3.05) is 0 Å². The minimum Gasteiger partial charge on any atom is -0.340 e. The van der Waals surface area contributed by atoms with Crippen LogP contribution in [0.5, 0.6) is 0 Å². The van der Waals surface area contributed by atoms with Gasteiger partial charge in [0.1, 0.15) is 5.82 Å². The normalized spacial score (nSPS) is 10.9. The summed E-state index contributed by atoms with van der Waals surface area (Å²) in [5.41, 5.74) is 1.73. The van der Waals surface area contributed by atoms with Crippen LogP contribution in [0.2, 0.25) is 0 Å². The number of aromatic nitrogens is 4. The number of hydrogen-bond donors (Lipinski definition) is 1. The molecule has 1 N–H and O–H groups in total. The molecule has 7 heteroatoms. The van der Waals surface area contributed by atoms with Crippen LogP contribution in [0.25, 0.3) is 11.3 Å². The monoisotopic (exact) mass is 290 g/mol. The van der Waals surface area contributed by atoms with Crippen LogP contribution in [-0.2, 0) is 5.75 Å². The van der Waals surface area contributed by atoms with Gasteiger partial charge in [0.15, 0.2) is 11.0 Å². The first-order valence-corrected chi connectivity index (χ1v) is 6.92. The van der Waals surface area contributed by atoms with Crippen LogP contribution >= 0.6 is 11.8 Å². The van der Waals surface area contributed by atoms with E-state index in [9.17, 15) is 4.39 Å². The van der Waals surface area contributed by atoms with E-state index in [1.54, 1.807) is 25.3 Å². The molecule has 0 amide bonds. The van der Waals surface area contributed by atoms with Crippen molar-refractivity contribution in [3.05, 3.63) is 48.0 Å². The Morgan fingerprint density at radius 1 is 1.30 bits per heavy atom. The molecule has 20 heavy (non-hydrogen) atoms. The van der Waals surface area contributed by atoms with Gasteiger partial charge in [-0.3, -0.25) is 0 Å². The summed E-state index contributed by atoms with van der Waals surface area (Å²) in [7, 11) is 0. The average molecular weight is 290 g/mol. The molecule has 1 aromatic carbocycles. The SMILES string of the molecule is Cc1nc(CSc2ncc(-c3ccc(F)cc3)[nH]2)no1. The predicted molar refractivity (Wildman–Crippen MR) is 72.6 cm³/mol. The van der Waals surface area contributed by atoms with Gasteiger partial charge in [0.05, 0.1) is 17.6 Å². The van der Waals surface area contributed by atoms with E-state index in [1.165, 1.54) is 23.9 Å². The van der Waals surface area contributed by atoms with E-state index in [0.717, 1.165) is 16.4 Å². The molecule has 2 aromatic heterocycles. The van der Waals surface area contributed by atoms with Gasteiger partial charge in [0, 0.05) is 6.92 Å². The van der Waals surface area contributed by atoms with Gasteiger partial charge in [-0.15, -0.1) is 0 Å². The molecule has 0 saturated carbocycles. The van der Waals surface area contributed by atoms with Crippen LogP contribution in [-0.4, -0.2) is 20.1 Å². The van der Waals surface area contributed by atoms with E-state index >= 15 is 0 Å². The molecule has 0 fully saturated rings. The maximum Gasteiger partial charge on any atom is 0.223 e. The topological polar surface area (TPSA) is 67.6 Å². The van der Waals surface area contributed by atoms with Crippen molar-refractivity contribution in [3.8, 4) is 11.3 Å². The molecular weight excluding hydrogens is 279 g/mol. The van der Waals surface area contributed by atoms with Crippen LogP contribution in [0.1, 0.15) is 11.7 Å². The number of nitrogens with one attached hydrogen (secondary N) is 1. The minimum atomic E-state index is -0.254. The molecule has 0 unspecified atom stereocenters. The summed E-state index contributed by atoms with van der Waals surface area (Å²) in [5.74, 6) is 1.50. The van der Waals surface area contributed by atoms with Gasteiger partial charge in [-0.25, -0.2) is 9.37 Å². The van der Waals surface area contributed by atoms with Crippen LogP contribution < -0.4 is 0 Å². The second-order valence-electron chi connectivity index (χ2n) is 4.13. The lowest BCUT2D eigenvalue weighted by molar-refractivity contribution is 0.389. The second kappa shape index (κ2) is 5.46. The van der Waals surface area contributed by atoms with Crippen molar-refractivity contribution in [2.45, 2.75) is 17.8 Å². The smallest absolute Gasteiger partial charge is 0.223 e. The van der Waals surface area contributed by atoms with Crippen LogP contribution in [0.3, 0.4) is 0 Å². The van der Waals surface area contributed by atoms with Gasteiger partial charge in [0.2, 0.25) is 5.89 Å². The second-order valence-corrected chi connectivity index (χ2v) is 5.09. The quantitative estimate of drug-likeness (QED) is 0.747. The maximum absolute atomic E-state index is 12.9. The van der Waals surface area contributed by atoms with Crippen molar-refractivity contribution < 1.29 is 8.91 Å². The van der Waals surface area contributed by atoms with E-state index < -0.39 is 0 Å². The number of benzene rings is 1. The number of nitrogens with zero attached hydrogens (tertiary/aromatic N) is 3. The molecule has 0 bridgehead atoms. The zero-order chi connectivity index (χ0) is 13.9. The molecule has 3 aromatic rings. The molecule has 0 aliphatic heterocycles. The Kier molecular flexibility index (Phi) is 3.51. The summed E-state index contributed by atoms with van der Waals surface area (Å²) in [4.78, 5) is 11.6. The van der Waals surface area contributed by atoms with Gasteiger partial charge < -0.3 is 9.51 Å². The molecule has 0 saturated heterocycles. The number of rotatable bonds is 4. The highest BCUT2D eigenvalue weighted by Gasteiger charge is 2.07. The Labute approximate surface area is 118 Å². The molecule has 0 spiro atoms. The van der Waals surface area contributed by atoms with Gasteiger partial charge in [-0.2, -0.15) is 4.98 Å². The zero-order valence-corrected chi connectivity index (χ0v) is 11.4. The summed E-state index contributed by atoms with van der Waals surface area (Å²) in [5, 5.41) is 4.57. The summed E-state index contributed by atoms with van der Waals surface area (Å²) in [6, 6.07) is 6.26. The average Bonchev–Trinajstić information content (AvgIpc) is 3.06. The molecule has 3 rings (SSSR count). The number of aromatic amines is 1. The van der Waals surface area contributed by atoms with Crippen molar-refractivity contribution >= 4 is 11.8 Å². The summed E-state index contributed by atoms with van der Waals surface area (Å²) >= 11 is 1.48. The fourth-order valence-electron chi connectivity index (χ4n) is 1.69. The molecular formula is C13H11FN4OS. The first kappa shape index (κ1) is 12.9. The van der Waals surface area contributed by atoms with E-state index in [1.807, 2.05) is 0 Å². The Balaban J connectivity index is 1.69. The Morgan fingerprint density at radius 3 is 2.80 bits per heavy atom. The molecule has 2 heterocycles. The van der Waals surface area contributed by atoms with Gasteiger partial charge in [-0.05, 0) is 29.8 Å². The summed E-state index contributed by atoms with van der Waals surface area (Å²) in [6.07, 6.45) is 1.72. The fourth-order valence-corrected chi connectivity index (χ4v) is 2.38. The lowest BCUT2D eigenvalue weighted by atomic mass is 10.2. The van der Waals surface area contributed by atoms with Gasteiger partial charge >= 0.3 is 0 Å². The zero-order valence-electron chi connectivity index (χ0n) is 10.6. The van der Waals surface area contributed by atoms with E-state index in [0.29, 0.717) is 17.5 Å². The Morgan fingerprint density at radius 2 is 2.10 bits per heavy atom. The third-order valence-corrected chi connectivity index (χ3v) is 3.50. The highest BCUT2D eigenvalue weighted by Crippen LogP contribution is 2.23. The third-order valence-electron chi connectivity index (χ3n) is 2.62. The summed E-state index contributed by atoms with van der Waals surface area (Å²) in [6.45, 7) is 1.75. The molecule has 5 nitrogen and oxygen atoms in total. The molecule has 0 atom stereocenters. The first-order valence-electron chi connectivity index (χ1n) is 5.93. The van der Waals surface area contributed by atoms with Crippen molar-refractivity contribution in [3.63, 3.8) is 0 Å². The lowest BCUT2D eigenvalue weighted by Gasteiger charge is -1.96. The number of hydrogen-bond acceptors (Lipinski definition) is 5. The van der Waals surface area contributed by atoms with Crippen molar-refractivity contribution in [1.82, 2.24) is 20.1 Å². The largest absolute Gasteiger partial charge is 0.340 e. The molecule has 102 valence electrons. The van der Waals surface area contributed by atoms with Crippen LogP contribution in [0.4, 0.5) is 4.39 Å². The highest BCUT2D eigenvalue weighted by molar-refractivity contribution is 7.98. The first-order chi connectivity index (χ1) is 9.70. The van der Waals surface area contributed by atoms with E-state index in [4.69, 9.17) is 4.52 Å². The van der Waals surface area contributed by atoms with E-state index in [-0.39, 0.29) is 5.82 Å². The number of halogens is 1. The Bertz CT molecular complexity index is 707. The standard InChI is InChI=1S/C13H11FN4OS/c1-8-16-12(18-19-8)7-20-13-15-6-11(17-13)9-2-4-10(14)5-3-9/h2-6H,7H2,1H3,(H,15,17). The molecule has 0 aliphatic rings. The van der Waals surface area contributed by atoms with Crippen molar-refractivity contribution in [1.29, 1.82) is 0 Å². The predicted octanol–water partition coefficient (Wildman–Crippen LogP) is 3.20. The van der Waals surface area contributed by atoms with Crippen LogP contribution in [0, 0.1) is 12.7 Å². The van der Waals surface area contributed by atoms with Gasteiger partial charge in [0.25, 0.3) is 0 Å². The molecule has 0 radical (unpaired) electrons. The number of imidazole rings is 1. The Hall–Kier alpha value is -2.15. The van der Waals surface area contributed by atoms with Crippen LogP contribution in [0.15, 0.2) is 40.1 Å². The maximum atomic E-state index is 12.9. The van der Waals surface area contributed by atoms with Gasteiger partial charge in [-0.1, -0.05) is 16.9 Å². The third kappa shape index (κ3) is 2.88. The van der Waals surface area contributed by atoms with Crippen molar-refractivity contribution in [2.24, 2.45) is 0 Å². The lowest BCUT2D eigenvalue weighted by Crippen LogP contribution is -1.85. The fraction of sp³-hybridized carbons (Fsp3) is 0.154. The minimum absolute atomic E-state index is 0.254. The van der Waals surface area contributed by atoms with E-state index in [2.05, 4.69) is 20.1 Å². The number of thioether (sulfide) groups is 1. The highest BCUT2D eigenvalue weighted by atomic mass is 32.2. The number of aryl methyl sites for hydroxylation is 1. The summed E-state index contributed by atoms with van der Waals surface area (Å²) < 4.78 is 17.8. The number of H-pyrrole nitrogens is 1.